The van der Waals surface area contributed by atoms with Crippen molar-refractivity contribution < 1.29 is 0 Å². The molecule has 2 heteroatoms. The lowest BCUT2D eigenvalue weighted by atomic mass is 10.0. The zero-order valence-electron chi connectivity index (χ0n) is 11.8. The number of nitrogens with two attached hydrogens (primary N) is 1. The molecule has 0 aromatic rings. The number of rotatable bonds is 10. The molecule has 2 N–H and O–H groups in total. The van der Waals surface area contributed by atoms with Crippen molar-refractivity contribution in [3.63, 3.8) is 0 Å². The lowest BCUT2D eigenvalue weighted by Crippen LogP contribution is -2.35. The van der Waals surface area contributed by atoms with Crippen molar-refractivity contribution >= 4 is 0 Å². The van der Waals surface area contributed by atoms with Crippen molar-refractivity contribution in [2.24, 2.45) is 11.7 Å². The van der Waals surface area contributed by atoms with E-state index in [2.05, 4.69) is 32.6 Å². The SMILES string of the molecule is CCCCCN(CC(C)CCCN)C(C)C. The minimum atomic E-state index is 0.678. The van der Waals surface area contributed by atoms with Crippen LogP contribution in [0, 0.1) is 5.92 Å². The van der Waals surface area contributed by atoms with Crippen LogP contribution in [0.5, 0.6) is 0 Å². The molecular weight excluding hydrogens is 196 g/mol. The smallest absolute Gasteiger partial charge is 0.00387 e. The minimum Gasteiger partial charge on any atom is -0.330 e. The summed E-state index contributed by atoms with van der Waals surface area (Å²) in [5.41, 5.74) is 5.55. The molecule has 0 amide bonds. The third-order valence-corrected chi connectivity index (χ3v) is 3.23. The molecule has 98 valence electrons. The molecule has 2 nitrogen and oxygen atoms in total. The van der Waals surface area contributed by atoms with Gasteiger partial charge in [0.1, 0.15) is 0 Å². The maximum absolute atomic E-state index is 5.55. The zero-order valence-corrected chi connectivity index (χ0v) is 11.8. The average Bonchev–Trinajstić information content (AvgIpc) is 2.25. The molecule has 0 heterocycles. The van der Waals surface area contributed by atoms with Gasteiger partial charge in [0.2, 0.25) is 0 Å². The van der Waals surface area contributed by atoms with E-state index in [0.717, 1.165) is 12.5 Å². The predicted molar refractivity (Wildman–Crippen MR) is 73.7 cm³/mol. The molecule has 16 heavy (non-hydrogen) atoms. The molecule has 0 aliphatic heterocycles. The first-order valence-corrected chi connectivity index (χ1v) is 7.05. The molecule has 0 saturated heterocycles. The Morgan fingerprint density at radius 3 is 2.25 bits per heavy atom. The molecule has 1 unspecified atom stereocenters. The first kappa shape index (κ1) is 15.9. The molecule has 0 fully saturated rings. The van der Waals surface area contributed by atoms with E-state index in [-0.39, 0.29) is 0 Å². The van der Waals surface area contributed by atoms with Crippen LogP contribution in [-0.4, -0.2) is 30.6 Å². The second-order valence-electron chi connectivity index (χ2n) is 5.33. The molecule has 0 aromatic heterocycles. The van der Waals surface area contributed by atoms with Crippen LogP contribution in [0.4, 0.5) is 0 Å². The Kier molecular flexibility index (Phi) is 10.0. The molecule has 0 spiro atoms. The lowest BCUT2D eigenvalue weighted by Gasteiger charge is -2.29. The summed E-state index contributed by atoms with van der Waals surface area (Å²) in [4.78, 5) is 2.62. The standard InChI is InChI=1S/C14H32N2/c1-5-6-7-11-16(13(2)3)12-14(4)9-8-10-15/h13-14H,5-12,15H2,1-4H3. The highest BCUT2D eigenvalue weighted by atomic mass is 15.1. The van der Waals surface area contributed by atoms with Gasteiger partial charge in [0.15, 0.2) is 0 Å². The van der Waals surface area contributed by atoms with E-state index in [4.69, 9.17) is 5.73 Å². The summed E-state index contributed by atoms with van der Waals surface area (Å²) in [7, 11) is 0. The summed E-state index contributed by atoms with van der Waals surface area (Å²) in [6, 6.07) is 0.678. The Hall–Kier alpha value is -0.0800. The lowest BCUT2D eigenvalue weighted by molar-refractivity contribution is 0.184. The van der Waals surface area contributed by atoms with Crippen molar-refractivity contribution in [1.82, 2.24) is 4.90 Å². The van der Waals surface area contributed by atoms with E-state index in [1.165, 1.54) is 45.2 Å². The Balaban J connectivity index is 3.82. The Bertz CT molecular complexity index is 146. The second-order valence-corrected chi connectivity index (χ2v) is 5.33. The zero-order chi connectivity index (χ0) is 12.4. The number of nitrogens with zero attached hydrogens (tertiary/aromatic N) is 1. The van der Waals surface area contributed by atoms with Crippen LogP contribution in [0.15, 0.2) is 0 Å². The van der Waals surface area contributed by atoms with E-state index in [1.54, 1.807) is 0 Å². The molecule has 0 radical (unpaired) electrons. The van der Waals surface area contributed by atoms with Gasteiger partial charge in [0.05, 0.1) is 0 Å². The minimum absolute atomic E-state index is 0.678. The number of hydrogen-bond acceptors (Lipinski definition) is 2. The topological polar surface area (TPSA) is 29.3 Å². The second kappa shape index (κ2) is 10.1. The Morgan fingerprint density at radius 2 is 1.75 bits per heavy atom. The summed E-state index contributed by atoms with van der Waals surface area (Å²) >= 11 is 0. The third kappa shape index (κ3) is 8.12. The van der Waals surface area contributed by atoms with E-state index in [9.17, 15) is 0 Å². The maximum Gasteiger partial charge on any atom is 0.00387 e. The molecule has 0 aliphatic rings. The highest BCUT2D eigenvalue weighted by Crippen LogP contribution is 2.11. The van der Waals surface area contributed by atoms with Gasteiger partial charge in [-0.1, -0.05) is 26.7 Å². The van der Waals surface area contributed by atoms with Gasteiger partial charge in [-0.2, -0.15) is 0 Å². The summed E-state index contributed by atoms with van der Waals surface area (Å²) in [6.45, 7) is 12.6. The van der Waals surface area contributed by atoms with Crippen LogP contribution >= 0.6 is 0 Å². The predicted octanol–water partition coefficient (Wildman–Crippen LogP) is 3.26. The summed E-state index contributed by atoms with van der Waals surface area (Å²) in [6.07, 6.45) is 6.46. The van der Waals surface area contributed by atoms with Crippen molar-refractivity contribution in [2.45, 2.75) is 65.8 Å². The van der Waals surface area contributed by atoms with Crippen LogP contribution < -0.4 is 5.73 Å². The summed E-state index contributed by atoms with van der Waals surface area (Å²) in [5, 5.41) is 0. The van der Waals surface area contributed by atoms with Crippen LogP contribution in [0.1, 0.15) is 59.8 Å². The monoisotopic (exact) mass is 228 g/mol. The quantitative estimate of drug-likeness (QED) is 0.582. The van der Waals surface area contributed by atoms with Crippen LogP contribution in [-0.2, 0) is 0 Å². The molecule has 0 rings (SSSR count). The van der Waals surface area contributed by atoms with Gasteiger partial charge in [-0.25, -0.2) is 0 Å². The van der Waals surface area contributed by atoms with E-state index < -0.39 is 0 Å². The van der Waals surface area contributed by atoms with Gasteiger partial charge in [-0.15, -0.1) is 0 Å². The number of unbranched alkanes of at least 4 members (excludes halogenated alkanes) is 2. The molecule has 0 aliphatic carbocycles. The van der Waals surface area contributed by atoms with Gasteiger partial charge >= 0.3 is 0 Å². The van der Waals surface area contributed by atoms with E-state index >= 15 is 0 Å². The largest absolute Gasteiger partial charge is 0.330 e. The molecule has 0 aromatic carbocycles. The van der Waals surface area contributed by atoms with Crippen molar-refractivity contribution in [3.05, 3.63) is 0 Å². The molecule has 0 saturated carbocycles. The fraction of sp³-hybridized carbons (Fsp3) is 1.00. The molecule has 1 atom stereocenters. The molecule has 0 bridgehead atoms. The third-order valence-electron chi connectivity index (χ3n) is 3.23. The van der Waals surface area contributed by atoms with Crippen LogP contribution in [0.2, 0.25) is 0 Å². The highest BCUT2D eigenvalue weighted by Gasteiger charge is 2.12. The maximum atomic E-state index is 5.55. The van der Waals surface area contributed by atoms with Gasteiger partial charge in [-0.05, 0) is 52.1 Å². The fourth-order valence-electron chi connectivity index (χ4n) is 2.08. The number of hydrogen-bond donors (Lipinski definition) is 1. The highest BCUT2D eigenvalue weighted by molar-refractivity contribution is 4.67. The van der Waals surface area contributed by atoms with Crippen molar-refractivity contribution in [1.29, 1.82) is 0 Å². The van der Waals surface area contributed by atoms with Gasteiger partial charge in [-0.3, -0.25) is 0 Å². The van der Waals surface area contributed by atoms with E-state index in [1.807, 2.05) is 0 Å². The van der Waals surface area contributed by atoms with E-state index in [0.29, 0.717) is 6.04 Å². The normalized spacial score (nSPS) is 13.7. The molecular formula is C14H32N2. The van der Waals surface area contributed by atoms with Crippen LogP contribution in [0.25, 0.3) is 0 Å². The Labute approximate surface area is 103 Å². The fourth-order valence-corrected chi connectivity index (χ4v) is 2.08. The van der Waals surface area contributed by atoms with Gasteiger partial charge in [0.25, 0.3) is 0 Å². The summed E-state index contributed by atoms with van der Waals surface area (Å²) in [5.74, 6) is 0.785. The summed E-state index contributed by atoms with van der Waals surface area (Å²) < 4.78 is 0. The first-order chi connectivity index (χ1) is 7.61. The Morgan fingerprint density at radius 1 is 1.06 bits per heavy atom. The first-order valence-electron chi connectivity index (χ1n) is 7.05. The van der Waals surface area contributed by atoms with Crippen molar-refractivity contribution in [3.8, 4) is 0 Å². The van der Waals surface area contributed by atoms with Crippen molar-refractivity contribution in [2.75, 3.05) is 19.6 Å². The van der Waals surface area contributed by atoms with Gasteiger partial charge in [0, 0.05) is 12.6 Å². The average molecular weight is 228 g/mol. The van der Waals surface area contributed by atoms with Crippen LogP contribution in [0.3, 0.4) is 0 Å². The van der Waals surface area contributed by atoms with Gasteiger partial charge < -0.3 is 10.6 Å².